The van der Waals surface area contributed by atoms with Crippen molar-refractivity contribution in [2.24, 2.45) is 0 Å². The molecule has 0 spiro atoms. The van der Waals surface area contributed by atoms with Crippen LogP contribution in [0.5, 0.6) is 0 Å². The summed E-state index contributed by atoms with van der Waals surface area (Å²) in [6.45, 7) is 4.39. The van der Waals surface area contributed by atoms with Gasteiger partial charge in [0, 0.05) is 17.8 Å². The summed E-state index contributed by atoms with van der Waals surface area (Å²) in [6, 6.07) is 19.5. The Hall–Kier alpha value is -2.02. The lowest BCUT2D eigenvalue weighted by Crippen LogP contribution is -2.41. The number of nitrogens with zero attached hydrogens (tertiary/aromatic N) is 1. The van der Waals surface area contributed by atoms with Crippen LogP contribution in [0.3, 0.4) is 0 Å². The van der Waals surface area contributed by atoms with E-state index in [1.54, 1.807) is 0 Å². The molecule has 1 aliphatic heterocycles. The molecule has 1 heterocycles. The molecule has 20 heavy (non-hydrogen) atoms. The van der Waals surface area contributed by atoms with Crippen molar-refractivity contribution in [3.8, 4) is 0 Å². The van der Waals surface area contributed by atoms with Crippen molar-refractivity contribution in [1.82, 2.24) is 0 Å². The first kappa shape index (κ1) is 13.0. The molecule has 0 saturated heterocycles. The molecule has 1 aliphatic rings. The van der Waals surface area contributed by atoms with Crippen molar-refractivity contribution in [3.05, 3.63) is 72.3 Å². The minimum absolute atomic E-state index is 0.0692. The van der Waals surface area contributed by atoms with Crippen LogP contribution in [0.4, 0.5) is 11.4 Å². The van der Waals surface area contributed by atoms with Crippen LogP contribution < -0.4 is 4.90 Å². The molecule has 1 heteroatoms. The van der Waals surface area contributed by atoms with E-state index in [0.29, 0.717) is 0 Å². The Morgan fingerprint density at radius 3 is 2.45 bits per heavy atom. The highest BCUT2D eigenvalue weighted by Gasteiger charge is 2.40. The van der Waals surface area contributed by atoms with Crippen LogP contribution in [-0.4, -0.2) is 5.54 Å². The third kappa shape index (κ3) is 1.94. The van der Waals surface area contributed by atoms with E-state index in [1.807, 2.05) is 0 Å². The SMILES string of the molecule is C/C=C\[C@]1(CC)Cc2ccccc2N1c1ccccc1. The average molecular weight is 263 g/mol. The van der Waals surface area contributed by atoms with Gasteiger partial charge in [0.15, 0.2) is 0 Å². The van der Waals surface area contributed by atoms with Gasteiger partial charge in [-0.25, -0.2) is 0 Å². The molecule has 2 aromatic rings. The maximum atomic E-state index is 2.50. The molecule has 2 aromatic carbocycles. The van der Waals surface area contributed by atoms with Crippen molar-refractivity contribution >= 4 is 11.4 Å². The van der Waals surface area contributed by atoms with Gasteiger partial charge in [-0.05, 0) is 37.1 Å². The zero-order valence-corrected chi connectivity index (χ0v) is 12.2. The van der Waals surface area contributed by atoms with Crippen LogP contribution in [0.1, 0.15) is 25.8 Å². The molecule has 0 aromatic heterocycles. The number of para-hydroxylation sites is 2. The van der Waals surface area contributed by atoms with Gasteiger partial charge in [-0.1, -0.05) is 55.5 Å². The average Bonchev–Trinajstić information content (AvgIpc) is 2.83. The molecule has 0 amide bonds. The Morgan fingerprint density at radius 2 is 1.75 bits per heavy atom. The fourth-order valence-corrected chi connectivity index (χ4v) is 3.35. The second kappa shape index (κ2) is 5.16. The molecule has 0 saturated carbocycles. The molecule has 0 radical (unpaired) electrons. The third-order valence-electron chi connectivity index (χ3n) is 4.28. The van der Waals surface area contributed by atoms with E-state index in [-0.39, 0.29) is 5.54 Å². The molecule has 3 rings (SSSR count). The van der Waals surface area contributed by atoms with Crippen LogP contribution in [0.15, 0.2) is 66.7 Å². The normalized spacial score (nSPS) is 21.4. The van der Waals surface area contributed by atoms with E-state index in [1.165, 1.54) is 16.9 Å². The van der Waals surface area contributed by atoms with Crippen molar-refractivity contribution < 1.29 is 0 Å². The molecule has 0 N–H and O–H groups in total. The van der Waals surface area contributed by atoms with Crippen LogP contribution in [-0.2, 0) is 6.42 Å². The minimum atomic E-state index is 0.0692. The molecule has 1 atom stereocenters. The summed E-state index contributed by atoms with van der Waals surface area (Å²) in [7, 11) is 0. The predicted molar refractivity (Wildman–Crippen MR) is 86.6 cm³/mol. The van der Waals surface area contributed by atoms with E-state index < -0.39 is 0 Å². The molecule has 0 fully saturated rings. The topological polar surface area (TPSA) is 3.24 Å². The molecular formula is C19H21N. The molecular weight excluding hydrogens is 242 g/mol. The smallest absolute Gasteiger partial charge is 0.0671 e. The summed E-state index contributed by atoms with van der Waals surface area (Å²) >= 11 is 0. The summed E-state index contributed by atoms with van der Waals surface area (Å²) in [6.07, 6.45) is 6.73. The summed E-state index contributed by atoms with van der Waals surface area (Å²) < 4.78 is 0. The Bertz CT molecular complexity index is 615. The second-order valence-corrected chi connectivity index (χ2v) is 5.43. The van der Waals surface area contributed by atoms with E-state index in [4.69, 9.17) is 0 Å². The number of benzene rings is 2. The Balaban J connectivity index is 2.19. The zero-order valence-electron chi connectivity index (χ0n) is 12.2. The number of allylic oxidation sites excluding steroid dienone is 1. The van der Waals surface area contributed by atoms with Gasteiger partial charge in [-0.15, -0.1) is 0 Å². The van der Waals surface area contributed by atoms with E-state index in [0.717, 1.165) is 12.8 Å². The molecule has 1 nitrogen and oxygen atoms in total. The van der Waals surface area contributed by atoms with Gasteiger partial charge in [-0.2, -0.15) is 0 Å². The fraction of sp³-hybridized carbons (Fsp3) is 0.263. The van der Waals surface area contributed by atoms with Gasteiger partial charge >= 0.3 is 0 Å². The Kier molecular flexibility index (Phi) is 3.35. The lowest BCUT2D eigenvalue weighted by molar-refractivity contribution is 0.522. The van der Waals surface area contributed by atoms with Gasteiger partial charge in [0.05, 0.1) is 5.54 Å². The number of anilines is 2. The van der Waals surface area contributed by atoms with Crippen molar-refractivity contribution in [1.29, 1.82) is 0 Å². The highest BCUT2D eigenvalue weighted by Crippen LogP contribution is 2.46. The first-order valence-corrected chi connectivity index (χ1v) is 7.38. The maximum absolute atomic E-state index is 2.50. The van der Waals surface area contributed by atoms with Crippen molar-refractivity contribution in [2.75, 3.05) is 4.90 Å². The number of rotatable bonds is 3. The summed E-state index contributed by atoms with van der Waals surface area (Å²) in [4.78, 5) is 2.50. The third-order valence-corrected chi connectivity index (χ3v) is 4.28. The quantitative estimate of drug-likeness (QED) is 0.696. The van der Waals surface area contributed by atoms with Gasteiger partial charge in [-0.3, -0.25) is 0 Å². The van der Waals surface area contributed by atoms with E-state index in [2.05, 4.69) is 85.5 Å². The highest BCUT2D eigenvalue weighted by molar-refractivity contribution is 5.74. The second-order valence-electron chi connectivity index (χ2n) is 5.43. The first-order valence-electron chi connectivity index (χ1n) is 7.38. The zero-order chi connectivity index (χ0) is 14.0. The number of hydrogen-bond acceptors (Lipinski definition) is 1. The minimum Gasteiger partial charge on any atom is -0.331 e. The standard InChI is InChI=1S/C19H21N/c1-3-14-19(4-2)15-16-10-8-9-13-18(16)20(19)17-11-6-5-7-12-17/h3,5-14H,4,15H2,1-2H3/b14-3-/t19-/m1/s1. The Morgan fingerprint density at radius 1 is 1.05 bits per heavy atom. The van der Waals surface area contributed by atoms with E-state index >= 15 is 0 Å². The van der Waals surface area contributed by atoms with Crippen LogP contribution >= 0.6 is 0 Å². The van der Waals surface area contributed by atoms with Gasteiger partial charge < -0.3 is 4.90 Å². The molecule has 0 bridgehead atoms. The lowest BCUT2D eigenvalue weighted by atomic mass is 9.90. The van der Waals surface area contributed by atoms with Crippen molar-refractivity contribution in [3.63, 3.8) is 0 Å². The highest BCUT2D eigenvalue weighted by atomic mass is 15.2. The number of fused-ring (bicyclic) bond motifs is 1. The predicted octanol–water partition coefficient (Wildman–Crippen LogP) is 5.11. The lowest BCUT2D eigenvalue weighted by Gasteiger charge is -2.37. The number of hydrogen-bond donors (Lipinski definition) is 0. The van der Waals surface area contributed by atoms with Gasteiger partial charge in [0.2, 0.25) is 0 Å². The summed E-state index contributed by atoms with van der Waals surface area (Å²) in [5, 5.41) is 0. The van der Waals surface area contributed by atoms with Crippen molar-refractivity contribution in [2.45, 2.75) is 32.2 Å². The van der Waals surface area contributed by atoms with Crippen LogP contribution in [0, 0.1) is 0 Å². The van der Waals surface area contributed by atoms with Gasteiger partial charge in [0.25, 0.3) is 0 Å². The summed E-state index contributed by atoms with van der Waals surface area (Å²) in [5.74, 6) is 0. The molecule has 0 unspecified atom stereocenters. The largest absolute Gasteiger partial charge is 0.331 e. The Labute approximate surface area is 121 Å². The van der Waals surface area contributed by atoms with E-state index in [9.17, 15) is 0 Å². The van der Waals surface area contributed by atoms with Gasteiger partial charge in [0.1, 0.15) is 0 Å². The van der Waals surface area contributed by atoms with Crippen LogP contribution in [0.25, 0.3) is 0 Å². The maximum Gasteiger partial charge on any atom is 0.0671 e. The molecule has 102 valence electrons. The molecule has 0 aliphatic carbocycles. The first-order chi connectivity index (χ1) is 9.80. The summed E-state index contributed by atoms with van der Waals surface area (Å²) in [5.41, 5.74) is 4.13. The monoisotopic (exact) mass is 263 g/mol. The van der Waals surface area contributed by atoms with Crippen LogP contribution in [0.2, 0.25) is 0 Å². The fourth-order valence-electron chi connectivity index (χ4n) is 3.35.